The first-order valence-electron chi connectivity index (χ1n) is 6.16. The van der Waals surface area contributed by atoms with Crippen LogP contribution in [0.4, 0.5) is 0 Å². The van der Waals surface area contributed by atoms with Gasteiger partial charge in [-0.3, -0.25) is 0 Å². The molecule has 0 fully saturated rings. The Bertz CT molecular complexity index is 641. The topological polar surface area (TPSA) is 25.8 Å². The van der Waals surface area contributed by atoms with Crippen molar-refractivity contribution in [1.29, 1.82) is 0 Å². The molecular formula is C14H11Cl3N2. The molecule has 0 bridgehead atoms. The van der Waals surface area contributed by atoms with Crippen LogP contribution in [0.2, 0.25) is 15.2 Å². The standard InChI is InChI=1S/C14H11Cl3N2/c15-8-5-6-11(16)10(7-8)14-18-12-4-2-1-3-9(12)13(17)19-14/h5-7H,1-4H2. The summed E-state index contributed by atoms with van der Waals surface area (Å²) in [5.74, 6) is 0.554. The number of hydrogen-bond acceptors (Lipinski definition) is 2. The number of aryl methyl sites for hydroxylation is 1. The van der Waals surface area contributed by atoms with Crippen LogP contribution in [-0.4, -0.2) is 9.97 Å². The van der Waals surface area contributed by atoms with Gasteiger partial charge in [0.15, 0.2) is 5.82 Å². The van der Waals surface area contributed by atoms with Gasteiger partial charge in [-0.2, -0.15) is 0 Å². The van der Waals surface area contributed by atoms with Gasteiger partial charge in [-0.05, 0) is 43.9 Å². The van der Waals surface area contributed by atoms with Crippen LogP contribution < -0.4 is 0 Å². The molecule has 1 aliphatic carbocycles. The zero-order valence-electron chi connectivity index (χ0n) is 10.1. The van der Waals surface area contributed by atoms with Gasteiger partial charge >= 0.3 is 0 Å². The fourth-order valence-electron chi connectivity index (χ4n) is 2.34. The van der Waals surface area contributed by atoms with Crippen LogP contribution in [0.25, 0.3) is 11.4 Å². The molecule has 1 aliphatic rings. The predicted octanol–water partition coefficient (Wildman–Crippen LogP) is 4.98. The third-order valence-electron chi connectivity index (χ3n) is 3.30. The minimum absolute atomic E-state index is 0.538. The second-order valence-electron chi connectivity index (χ2n) is 4.59. The first-order valence-corrected chi connectivity index (χ1v) is 7.29. The van der Waals surface area contributed by atoms with Crippen LogP contribution in [0, 0.1) is 0 Å². The maximum atomic E-state index is 6.26. The zero-order chi connectivity index (χ0) is 13.4. The van der Waals surface area contributed by atoms with E-state index in [0.29, 0.717) is 21.0 Å². The van der Waals surface area contributed by atoms with Crippen molar-refractivity contribution >= 4 is 34.8 Å². The number of fused-ring (bicyclic) bond motifs is 1. The van der Waals surface area contributed by atoms with Crippen molar-refractivity contribution in [2.24, 2.45) is 0 Å². The van der Waals surface area contributed by atoms with E-state index in [9.17, 15) is 0 Å². The largest absolute Gasteiger partial charge is 0.233 e. The summed E-state index contributed by atoms with van der Waals surface area (Å²) < 4.78 is 0. The highest BCUT2D eigenvalue weighted by atomic mass is 35.5. The summed E-state index contributed by atoms with van der Waals surface area (Å²) in [6.45, 7) is 0. The summed E-state index contributed by atoms with van der Waals surface area (Å²) in [5, 5.41) is 1.73. The van der Waals surface area contributed by atoms with E-state index in [1.54, 1.807) is 18.2 Å². The molecule has 0 saturated carbocycles. The lowest BCUT2D eigenvalue weighted by Gasteiger charge is -2.16. The molecule has 1 aromatic heterocycles. The van der Waals surface area contributed by atoms with E-state index in [1.165, 1.54) is 0 Å². The van der Waals surface area contributed by atoms with Crippen LogP contribution in [0.3, 0.4) is 0 Å². The van der Waals surface area contributed by atoms with Gasteiger partial charge in [0.2, 0.25) is 0 Å². The van der Waals surface area contributed by atoms with E-state index in [1.807, 2.05) is 0 Å². The molecule has 0 saturated heterocycles. The first-order chi connectivity index (χ1) is 9.15. The van der Waals surface area contributed by atoms with Crippen molar-refractivity contribution in [3.63, 3.8) is 0 Å². The Hall–Kier alpha value is -0.830. The Kier molecular flexibility index (Phi) is 3.66. The molecule has 0 atom stereocenters. The third kappa shape index (κ3) is 2.58. The Morgan fingerprint density at radius 1 is 0.947 bits per heavy atom. The second kappa shape index (κ2) is 5.28. The molecule has 19 heavy (non-hydrogen) atoms. The van der Waals surface area contributed by atoms with E-state index in [0.717, 1.165) is 42.5 Å². The average molecular weight is 314 g/mol. The molecule has 2 nitrogen and oxygen atoms in total. The Morgan fingerprint density at radius 3 is 2.58 bits per heavy atom. The summed E-state index contributed by atoms with van der Waals surface area (Å²) in [7, 11) is 0. The quantitative estimate of drug-likeness (QED) is 0.694. The van der Waals surface area contributed by atoms with Crippen molar-refractivity contribution in [1.82, 2.24) is 9.97 Å². The molecule has 0 N–H and O–H groups in total. The highest BCUT2D eigenvalue weighted by molar-refractivity contribution is 6.35. The molecule has 2 aromatic rings. The summed E-state index contributed by atoms with van der Waals surface area (Å²) in [5.41, 5.74) is 2.84. The minimum atomic E-state index is 0.538. The summed E-state index contributed by atoms with van der Waals surface area (Å²) >= 11 is 18.4. The van der Waals surface area contributed by atoms with Crippen LogP contribution >= 0.6 is 34.8 Å². The highest BCUT2D eigenvalue weighted by Crippen LogP contribution is 2.32. The fraction of sp³-hybridized carbons (Fsp3) is 0.286. The minimum Gasteiger partial charge on any atom is -0.233 e. The first kappa shape index (κ1) is 13.2. The maximum Gasteiger partial charge on any atom is 0.162 e. The Balaban J connectivity index is 2.15. The van der Waals surface area contributed by atoms with E-state index in [2.05, 4.69) is 9.97 Å². The van der Waals surface area contributed by atoms with Crippen LogP contribution in [0.5, 0.6) is 0 Å². The SMILES string of the molecule is Clc1ccc(Cl)c(-c2nc(Cl)c3c(n2)CCCC3)c1. The van der Waals surface area contributed by atoms with Crippen molar-refractivity contribution in [3.05, 3.63) is 44.7 Å². The molecule has 5 heteroatoms. The van der Waals surface area contributed by atoms with Crippen LogP contribution in [0.15, 0.2) is 18.2 Å². The number of halogens is 3. The van der Waals surface area contributed by atoms with Crippen LogP contribution in [0.1, 0.15) is 24.1 Å². The van der Waals surface area contributed by atoms with Gasteiger partial charge in [0, 0.05) is 21.8 Å². The monoisotopic (exact) mass is 312 g/mol. The fourth-order valence-corrected chi connectivity index (χ4v) is 3.00. The molecule has 1 heterocycles. The maximum absolute atomic E-state index is 6.26. The van der Waals surface area contributed by atoms with Crippen molar-refractivity contribution in [2.45, 2.75) is 25.7 Å². The van der Waals surface area contributed by atoms with Crippen molar-refractivity contribution in [2.75, 3.05) is 0 Å². The summed E-state index contributed by atoms with van der Waals surface area (Å²) in [4.78, 5) is 8.98. The van der Waals surface area contributed by atoms with Gasteiger partial charge < -0.3 is 0 Å². The molecule has 0 radical (unpaired) electrons. The third-order valence-corrected chi connectivity index (χ3v) is 4.18. The van der Waals surface area contributed by atoms with E-state index in [-0.39, 0.29) is 0 Å². The van der Waals surface area contributed by atoms with E-state index >= 15 is 0 Å². The Labute approximate surface area is 126 Å². The van der Waals surface area contributed by atoms with Gasteiger partial charge in [0.25, 0.3) is 0 Å². The van der Waals surface area contributed by atoms with Gasteiger partial charge in [-0.25, -0.2) is 9.97 Å². The number of hydrogen-bond donors (Lipinski definition) is 0. The molecule has 1 aromatic carbocycles. The lowest BCUT2D eigenvalue weighted by molar-refractivity contribution is 0.663. The second-order valence-corrected chi connectivity index (χ2v) is 5.80. The predicted molar refractivity (Wildman–Crippen MR) is 79.1 cm³/mol. The average Bonchev–Trinajstić information content (AvgIpc) is 2.41. The molecule has 0 unspecified atom stereocenters. The summed E-state index contributed by atoms with van der Waals surface area (Å²) in [6, 6.07) is 5.26. The van der Waals surface area contributed by atoms with Gasteiger partial charge in [0.1, 0.15) is 5.15 Å². The smallest absolute Gasteiger partial charge is 0.162 e. The number of benzene rings is 1. The van der Waals surface area contributed by atoms with Crippen LogP contribution in [-0.2, 0) is 12.8 Å². The van der Waals surface area contributed by atoms with Gasteiger partial charge in [-0.1, -0.05) is 34.8 Å². The molecule has 3 rings (SSSR count). The van der Waals surface area contributed by atoms with Crippen molar-refractivity contribution < 1.29 is 0 Å². The number of nitrogens with zero attached hydrogens (tertiary/aromatic N) is 2. The highest BCUT2D eigenvalue weighted by Gasteiger charge is 2.18. The molecule has 0 amide bonds. The molecule has 98 valence electrons. The Morgan fingerprint density at radius 2 is 1.74 bits per heavy atom. The zero-order valence-corrected chi connectivity index (χ0v) is 12.4. The lowest BCUT2D eigenvalue weighted by Crippen LogP contribution is -2.09. The molecule has 0 spiro atoms. The van der Waals surface area contributed by atoms with E-state index in [4.69, 9.17) is 34.8 Å². The van der Waals surface area contributed by atoms with Gasteiger partial charge in [-0.15, -0.1) is 0 Å². The van der Waals surface area contributed by atoms with Crippen molar-refractivity contribution in [3.8, 4) is 11.4 Å². The molecular weight excluding hydrogens is 303 g/mol. The molecule has 0 aliphatic heterocycles. The number of aromatic nitrogens is 2. The normalized spacial score (nSPS) is 14.3. The lowest BCUT2D eigenvalue weighted by atomic mass is 9.97. The van der Waals surface area contributed by atoms with Gasteiger partial charge in [0.05, 0.1) is 5.02 Å². The van der Waals surface area contributed by atoms with E-state index < -0.39 is 0 Å². The summed E-state index contributed by atoms with van der Waals surface area (Å²) in [6.07, 6.45) is 4.19. The number of rotatable bonds is 1.